The van der Waals surface area contributed by atoms with E-state index in [9.17, 15) is 4.79 Å². The Kier molecular flexibility index (Phi) is 5.83. The Bertz CT molecular complexity index is 931. The van der Waals surface area contributed by atoms with Crippen LogP contribution in [0, 0.1) is 0 Å². The predicted molar refractivity (Wildman–Crippen MR) is 111 cm³/mol. The zero-order valence-corrected chi connectivity index (χ0v) is 16.2. The number of nitrogens with one attached hydrogen (secondary N) is 1. The molecule has 28 heavy (non-hydrogen) atoms. The molecular formula is C23H21NO3S. The van der Waals surface area contributed by atoms with Gasteiger partial charge in [0.1, 0.15) is 18.5 Å². The molecule has 142 valence electrons. The summed E-state index contributed by atoms with van der Waals surface area (Å²) < 4.78 is 11.2. The number of carbonyl (C=O) groups is 1. The normalized spacial score (nSPS) is 13.6. The lowest BCUT2D eigenvalue weighted by atomic mass is 10.1. The number of fused-ring (bicyclic) bond motifs is 1. The van der Waals surface area contributed by atoms with Gasteiger partial charge in [-0.3, -0.25) is 4.79 Å². The molecule has 0 saturated heterocycles. The number of ether oxygens (including phenoxy) is 2. The number of hydrogen-bond acceptors (Lipinski definition) is 4. The Hall–Kier alpha value is -2.92. The maximum atomic E-state index is 13.0. The fourth-order valence-electron chi connectivity index (χ4n) is 3.02. The van der Waals surface area contributed by atoms with Crippen LogP contribution < -0.4 is 14.8 Å². The van der Waals surface area contributed by atoms with Crippen LogP contribution in [0.3, 0.4) is 0 Å². The first kappa shape index (κ1) is 18.4. The van der Waals surface area contributed by atoms with Gasteiger partial charge >= 0.3 is 0 Å². The SMILES string of the molecule is O=C(NCc1ccc2c(c1)OCCO2)[C@@H](Sc1ccccc1)c1ccccc1. The molecule has 0 unspecified atom stereocenters. The van der Waals surface area contributed by atoms with E-state index in [2.05, 4.69) is 5.32 Å². The molecule has 0 spiro atoms. The third-order valence-electron chi connectivity index (χ3n) is 4.41. The molecule has 1 aliphatic heterocycles. The lowest BCUT2D eigenvalue weighted by Crippen LogP contribution is -2.27. The fraction of sp³-hybridized carbons (Fsp3) is 0.174. The van der Waals surface area contributed by atoms with Gasteiger partial charge in [-0.15, -0.1) is 11.8 Å². The van der Waals surface area contributed by atoms with E-state index in [1.807, 2.05) is 78.9 Å². The van der Waals surface area contributed by atoms with Crippen LogP contribution in [0.15, 0.2) is 83.8 Å². The second-order valence-corrected chi connectivity index (χ2v) is 7.60. The van der Waals surface area contributed by atoms with Crippen LogP contribution in [0.25, 0.3) is 0 Å². The van der Waals surface area contributed by atoms with Crippen molar-refractivity contribution in [3.8, 4) is 11.5 Å². The molecule has 1 heterocycles. The monoisotopic (exact) mass is 391 g/mol. The standard InChI is InChI=1S/C23H21NO3S/c25-23(24-16-17-11-12-20-21(15-17)27-14-13-26-20)22(18-7-3-1-4-8-18)28-19-9-5-2-6-10-19/h1-12,15,22H,13-14,16H2,(H,24,25)/t22-/m0/s1. The van der Waals surface area contributed by atoms with E-state index in [1.165, 1.54) is 0 Å². The van der Waals surface area contributed by atoms with Gasteiger partial charge in [0.25, 0.3) is 0 Å². The highest BCUT2D eigenvalue weighted by atomic mass is 32.2. The summed E-state index contributed by atoms with van der Waals surface area (Å²) in [6.45, 7) is 1.55. The number of hydrogen-bond donors (Lipinski definition) is 1. The Labute approximate surface area is 168 Å². The number of rotatable bonds is 6. The average molecular weight is 391 g/mol. The van der Waals surface area contributed by atoms with Crippen molar-refractivity contribution in [1.82, 2.24) is 5.32 Å². The van der Waals surface area contributed by atoms with Gasteiger partial charge in [-0.25, -0.2) is 0 Å². The summed E-state index contributed by atoms with van der Waals surface area (Å²) in [6.07, 6.45) is 0. The first-order chi connectivity index (χ1) is 13.8. The number of amides is 1. The molecule has 1 N–H and O–H groups in total. The van der Waals surface area contributed by atoms with Crippen molar-refractivity contribution in [2.24, 2.45) is 0 Å². The highest BCUT2D eigenvalue weighted by molar-refractivity contribution is 8.00. The minimum atomic E-state index is -0.319. The third-order valence-corrected chi connectivity index (χ3v) is 5.68. The largest absolute Gasteiger partial charge is 0.486 e. The van der Waals surface area contributed by atoms with Crippen molar-refractivity contribution in [2.75, 3.05) is 13.2 Å². The lowest BCUT2D eigenvalue weighted by molar-refractivity contribution is -0.120. The van der Waals surface area contributed by atoms with Crippen molar-refractivity contribution in [3.05, 3.63) is 90.0 Å². The molecule has 1 aliphatic rings. The van der Waals surface area contributed by atoms with Crippen LogP contribution in [0.5, 0.6) is 11.5 Å². The Morgan fingerprint density at radius 1 is 0.893 bits per heavy atom. The lowest BCUT2D eigenvalue weighted by Gasteiger charge is -2.20. The van der Waals surface area contributed by atoms with Gasteiger partial charge in [-0.05, 0) is 35.4 Å². The Morgan fingerprint density at radius 2 is 1.57 bits per heavy atom. The number of benzene rings is 3. The maximum absolute atomic E-state index is 13.0. The van der Waals surface area contributed by atoms with Gasteiger partial charge in [0, 0.05) is 11.4 Å². The first-order valence-corrected chi connectivity index (χ1v) is 10.1. The highest BCUT2D eigenvalue weighted by Crippen LogP contribution is 2.35. The summed E-state index contributed by atoms with van der Waals surface area (Å²) in [5.41, 5.74) is 1.96. The fourth-order valence-corrected chi connectivity index (χ4v) is 4.09. The number of thioether (sulfide) groups is 1. The van der Waals surface area contributed by atoms with Crippen LogP contribution in [0.2, 0.25) is 0 Å². The molecule has 0 fully saturated rings. The molecule has 0 radical (unpaired) electrons. The van der Waals surface area contributed by atoms with Crippen molar-refractivity contribution < 1.29 is 14.3 Å². The van der Waals surface area contributed by atoms with Crippen molar-refractivity contribution in [2.45, 2.75) is 16.7 Å². The second-order valence-electron chi connectivity index (χ2n) is 6.42. The molecule has 5 heteroatoms. The summed E-state index contributed by atoms with van der Waals surface area (Å²) in [5, 5.41) is 2.75. The van der Waals surface area contributed by atoms with Crippen LogP contribution in [-0.4, -0.2) is 19.1 Å². The van der Waals surface area contributed by atoms with E-state index in [4.69, 9.17) is 9.47 Å². The van der Waals surface area contributed by atoms with Gasteiger partial charge in [0.05, 0.1) is 0 Å². The van der Waals surface area contributed by atoms with E-state index >= 15 is 0 Å². The molecule has 4 nitrogen and oxygen atoms in total. The molecule has 1 atom stereocenters. The molecule has 3 aromatic rings. The summed E-state index contributed by atoms with van der Waals surface area (Å²) in [4.78, 5) is 14.1. The Balaban J connectivity index is 1.48. The molecular weight excluding hydrogens is 370 g/mol. The van der Waals surface area contributed by atoms with E-state index in [0.29, 0.717) is 19.8 Å². The average Bonchev–Trinajstić information content (AvgIpc) is 2.77. The van der Waals surface area contributed by atoms with Gasteiger partial charge < -0.3 is 14.8 Å². The van der Waals surface area contributed by atoms with Crippen molar-refractivity contribution in [1.29, 1.82) is 0 Å². The van der Waals surface area contributed by atoms with E-state index in [1.54, 1.807) is 11.8 Å². The van der Waals surface area contributed by atoms with Gasteiger partial charge in [-0.1, -0.05) is 54.6 Å². The summed E-state index contributed by atoms with van der Waals surface area (Å²) in [7, 11) is 0. The summed E-state index contributed by atoms with van der Waals surface area (Å²) in [5.74, 6) is 1.47. The van der Waals surface area contributed by atoms with E-state index < -0.39 is 0 Å². The van der Waals surface area contributed by atoms with Crippen LogP contribution in [0.4, 0.5) is 0 Å². The van der Waals surface area contributed by atoms with E-state index in [0.717, 1.165) is 27.5 Å². The minimum Gasteiger partial charge on any atom is -0.486 e. The van der Waals surface area contributed by atoms with Gasteiger partial charge in [-0.2, -0.15) is 0 Å². The zero-order chi connectivity index (χ0) is 19.2. The van der Waals surface area contributed by atoms with Crippen LogP contribution >= 0.6 is 11.8 Å². The van der Waals surface area contributed by atoms with Crippen LogP contribution in [-0.2, 0) is 11.3 Å². The molecule has 1 amide bonds. The van der Waals surface area contributed by atoms with Crippen LogP contribution in [0.1, 0.15) is 16.4 Å². The smallest absolute Gasteiger partial charge is 0.238 e. The van der Waals surface area contributed by atoms with Gasteiger partial charge in [0.2, 0.25) is 5.91 Å². The molecule has 4 rings (SSSR count). The molecule has 3 aromatic carbocycles. The minimum absolute atomic E-state index is 0.0186. The molecule has 0 aliphatic carbocycles. The highest BCUT2D eigenvalue weighted by Gasteiger charge is 2.22. The first-order valence-electron chi connectivity index (χ1n) is 9.22. The summed E-state index contributed by atoms with van der Waals surface area (Å²) >= 11 is 1.55. The Morgan fingerprint density at radius 3 is 2.32 bits per heavy atom. The quantitative estimate of drug-likeness (QED) is 0.624. The number of carbonyl (C=O) groups excluding carboxylic acids is 1. The zero-order valence-electron chi connectivity index (χ0n) is 15.3. The maximum Gasteiger partial charge on any atom is 0.238 e. The van der Waals surface area contributed by atoms with Crippen molar-refractivity contribution >= 4 is 17.7 Å². The topological polar surface area (TPSA) is 47.6 Å². The van der Waals surface area contributed by atoms with Gasteiger partial charge in [0.15, 0.2) is 11.5 Å². The molecule has 0 saturated carbocycles. The summed E-state index contributed by atoms with van der Waals surface area (Å²) in [6, 6.07) is 25.6. The van der Waals surface area contributed by atoms with E-state index in [-0.39, 0.29) is 11.2 Å². The predicted octanol–water partition coefficient (Wildman–Crippen LogP) is 4.61. The molecule has 0 aromatic heterocycles. The second kappa shape index (κ2) is 8.85. The third kappa shape index (κ3) is 4.49. The molecule has 0 bridgehead atoms. The van der Waals surface area contributed by atoms with Crippen molar-refractivity contribution in [3.63, 3.8) is 0 Å².